The van der Waals surface area contributed by atoms with Gasteiger partial charge in [0, 0.05) is 24.5 Å². The van der Waals surface area contributed by atoms with E-state index in [4.69, 9.17) is 0 Å². The van der Waals surface area contributed by atoms with Crippen LogP contribution in [0.2, 0.25) is 0 Å². The lowest BCUT2D eigenvalue weighted by molar-refractivity contribution is 0.567. The molecule has 0 saturated carbocycles. The number of nitrogens with zero attached hydrogens (tertiary/aromatic N) is 1. The molecule has 1 aliphatic rings. The third kappa shape index (κ3) is 1.98. The molecule has 1 saturated heterocycles. The maximum Gasteiger partial charge on any atom is 0.0531 e. The van der Waals surface area contributed by atoms with Crippen LogP contribution in [0.15, 0.2) is 24.5 Å². The van der Waals surface area contributed by atoms with Gasteiger partial charge in [0.1, 0.15) is 0 Å². The highest BCUT2D eigenvalue weighted by atomic mass is 15.1. The molecule has 1 aromatic rings. The fourth-order valence-electron chi connectivity index (χ4n) is 1.71. The number of hydrogen-bond donors (Lipinski definition) is 2. The van der Waals surface area contributed by atoms with Gasteiger partial charge < -0.3 is 10.6 Å². The third-order valence-corrected chi connectivity index (χ3v) is 2.48. The monoisotopic (exact) mass is 177 g/mol. The fourth-order valence-corrected chi connectivity index (χ4v) is 1.71. The molecule has 13 heavy (non-hydrogen) atoms. The molecule has 2 N–H and O–H groups in total. The minimum Gasteiger partial charge on any atom is -0.377 e. The van der Waals surface area contributed by atoms with Crippen LogP contribution >= 0.6 is 0 Å². The zero-order chi connectivity index (χ0) is 9.15. The molecule has 0 aromatic carbocycles. The number of hydrogen-bond acceptors (Lipinski definition) is 3. The topological polar surface area (TPSA) is 37.0 Å². The first-order valence-corrected chi connectivity index (χ1v) is 4.67. The van der Waals surface area contributed by atoms with Crippen molar-refractivity contribution in [2.24, 2.45) is 0 Å². The molecule has 3 heteroatoms. The standard InChI is InChI=1S/C10H15N3/c1-10(4-6-12-8-10)13-9-3-2-5-11-7-9/h2-3,5,7,12-13H,4,6,8H2,1H3. The van der Waals surface area contributed by atoms with Crippen molar-refractivity contribution >= 4 is 5.69 Å². The van der Waals surface area contributed by atoms with Gasteiger partial charge in [-0.25, -0.2) is 0 Å². The molecule has 1 atom stereocenters. The van der Waals surface area contributed by atoms with Crippen molar-refractivity contribution in [3.05, 3.63) is 24.5 Å². The van der Waals surface area contributed by atoms with Gasteiger partial charge in [-0.2, -0.15) is 0 Å². The number of pyridine rings is 1. The summed E-state index contributed by atoms with van der Waals surface area (Å²) in [5.74, 6) is 0. The Bertz CT molecular complexity index is 265. The van der Waals surface area contributed by atoms with Gasteiger partial charge in [0.15, 0.2) is 0 Å². The summed E-state index contributed by atoms with van der Waals surface area (Å²) >= 11 is 0. The first kappa shape index (κ1) is 8.51. The van der Waals surface area contributed by atoms with E-state index in [0.29, 0.717) is 0 Å². The van der Waals surface area contributed by atoms with Gasteiger partial charge in [-0.3, -0.25) is 4.98 Å². The molecule has 0 bridgehead atoms. The van der Waals surface area contributed by atoms with E-state index < -0.39 is 0 Å². The van der Waals surface area contributed by atoms with E-state index >= 15 is 0 Å². The molecule has 0 aliphatic carbocycles. The Morgan fingerprint density at radius 3 is 3.15 bits per heavy atom. The summed E-state index contributed by atoms with van der Waals surface area (Å²) in [6.07, 6.45) is 4.83. The highest BCUT2D eigenvalue weighted by Gasteiger charge is 2.27. The number of anilines is 1. The van der Waals surface area contributed by atoms with Crippen molar-refractivity contribution in [2.45, 2.75) is 18.9 Å². The molecule has 70 valence electrons. The Balaban J connectivity index is 2.05. The predicted molar refractivity (Wildman–Crippen MR) is 53.8 cm³/mol. The summed E-state index contributed by atoms with van der Waals surface area (Å²) < 4.78 is 0. The van der Waals surface area contributed by atoms with Crippen LogP contribution in [0.3, 0.4) is 0 Å². The maximum absolute atomic E-state index is 4.07. The normalized spacial score (nSPS) is 27.5. The summed E-state index contributed by atoms with van der Waals surface area (Å²) in [4.78, 5) is 4.07. The average Bonchev–Trinajstić information content (AvgIpc) is 2.54. The molecule has 0 amide bonds. The van der Waals surface area contributed by atoms with Crippen molar-refractivity contribution in [1.29, 1.82) is 0 Å². The molecule has 2 rings (SSSR count). The Morgan fingerprint density at radius 2 is 2.54 bits per heavy atom. The van der Waals surface area contributed by atoms with Crippen molar-refractivity contribution < 1.29 is 0 Å². The second-order valence-electron chi connectivity index (χ2n) is 3.85. The van der Waals surface area contributed by atoms with Gasteiger partial charge in [-0.05, 0) is 32.0 Å². The van der Waals surface area contributed by atoms with Gasteiger partial charge >= 0.3 is 0 Å². The van der Waals surface area contributed by atoms with Crippen LogP contribution < -0.4 is 10.6 Å². The second kappa shape index (κ2) is 3.34. The molecule has 1 aliphatic heterocycles. The molecule has 3 nitrogen and oxygen atoms in total. The van der Waals surface area contributed by atoms with E-state index in [1.54, 1.807) is 6.20 Å². The quantitative estimate of drug-likeness (QED) is 0.713. The lowest BCUT2D eigenvalue weighted by Gasteiger charge is -2.25. The van der Waals surface area contributed by atoms with Crippen molar-refractivity contribution in [1.82, 2.24) is 10.3 Å². The van der Waals surface area contributed by atoms with Crippen LogP contribution in [-0.2, 0) is 0 Å². The van der Waals surface area contributed by atoms with Crippen LogP contribution in [0, 0.1) is 0 Å². The average molecular weight is 177 g/mol. The third-order valence-electron chi connectivity index (χ3n) is 2.48. The van der Waals surface area contributed by atoms with Crippen molar-refractivity contribution in [3.8, 4) is 0 Å². The minimum atomic E-state index is 0.197. The highest BCUT2D eigenvalue weighted by Crippen LogP contribution is 2.19. The highest BCUT2D eigenvalue weighted by molar-refractivity contribution is 5.43. The zero-order valence-electron chi connectivity index (χ0n) is 7.88. The van der Waals surface area contributed by atoms with Gasteiger partial charge in [-0.15, -0.1) is 0 Å². The number of nitrogens with one attached hydrogen (secondary N) is 2. The van der Waals surface area contributed by atoms with E-state index in [1.807, 2.05) is 12.3 Å². The lowest BCUT2D eigenvalue weighted by atomic mass is 10.0. The van der Waals surface area contributed by atoms with Gasteiger partial charge in [0.25, 0.3) is 0 Å². The van der Waals surface area contributed by atoms with E-state index in [2.05, 4.69) is 28.6 Å². The van der Waals surface area contributed by atoms with E-state index in [0.717, 1.165) is 18.8 Å². The summed E-state index contributed by atoms with van der Waals surface area (Å²) in [7, 11) is 0. The molecule has 0 radical (unpaired) electrons. The van der Waals surface area contributed by atoms with E-state index in [9.17, 15) is 0 Å². The molecule has 1 fully saturated rings. The minimum absolute atomic E-state index is 0.197. The van der Waals surface area contributed by atoms with Crippen molar-refractivity contribution in [2.75, 3.05) is 18.4 Å². The van der Waals surface area contributed by atoms with Gasteiger partial charge in [0.2, 0.25) is 0 Å². The first-order chi connectivity index (χ1) is 6.29. The molecule has 2 heterocycles. The fraction of sp³-hybridized carbons (Fsp3) is 0.500. The lowest BCUT2D eigenvalue weighted by Crippen LogP contribution is -2.36. The predicted octanol–water partition coefficient (Wildman–Crippen LogP) is 1.25. The van der Waals surface area contributed by atoms with Crippen molar-refractivity contribution in [3.63, 3.8) is 0 Å². The first-order valence-electron chi connectivity index (χ1n) is 4.67. The maximum atomic E-state index is 4.07. The Morgan fingerprint density at radius 1 is 1.62 bits per heavy atom. The van der Waals surface area contributed by atoms with Crippen LogP contribution in [0.1, 0.15) is 13.3 Å². The molecular weight excluding hydrogens is 162 g/mol. The second-order valence-corrected chi connectivity index (χ2v) is 3.85. The molecule has 0 spiro atoms. The zero-order valence-corrected chi connectivity index (χ0v) is 7.88. The Labute approximate surface area is 78.6 Å². The summed E-state index contributed by atoms with van der Waals surface area (Å²) in [6.45, 7) is 4.37. The smallest absolute Gasteiger partial charge is 0.0531 e. The SMILES string of the molecule is CC1(Nc2cccnc2)CCNC1. The number of rotatable bonds is 2. The van der Waals surface area contributed by atoms with E-state index in [-0.39, 0.29) is 5.54 Å². The van der Waals surface area contributed by atoms with E-state index in [1.165, 1.54) is 6.42 Å². The molecular formula is C10H15N3. The van der Waals surface area contributed by atoms with Gasteiger partial charge in [0.05, 0.1) is 5.69 Å². The van der Waals surface area contributed by atoms with Crippen LogP contribution in [0.25, 0.3) is 0 Å². The molecule has 1 unspecified atom stereocenters. The van der Waals surface area contributed by atoms with Crippen LogP contribution in [-0.4, -0.2) is 23.6 Å². The van der Waals surface area contributed by atoms with Crippen LogP contribution in [0.5, 0.6) is 0 Å². The Hall–Kier alpha value is -1.09. The Kier molecular flexibility index (Phi) is 2.19. The summed E-state index contributed by atoms with van der Waals surface area (Å²) in [6, 6.07) is 4.00. The largest absolute Gasteiger partial charge is 0.377 e. The summed E-state index contributed by atoms with van der Waals surface area (Å²) in [5.41, 5.74) is 1.30. The van der Waals surface area contributed by atoms with Crippen LogP contribution in [0.4, 0.5) is 5.69 Å². The number of aromatic nitrogens is 1. The molecule has 1 aromatic heterocycles. The summed E-state index contributed by atoms with van der Waals surface area (Å²) in [5, 5.41) is 6.84. The van der Waals surface area contributed by atoms with Gasteiger partial charge in [-0.1, -0.05) is 0 Å².